The van der Waals surface area contributed by atoms with Gasteiger partial charge in [0.15, 0.2) is 5.13 Å². The molecule has 130 valence electrons. The number of nitrogens with zero attached hydrogens (tertiary/aromatic N) is 2. The second-order valence-electron chi connectivity index (χ2n) is 5.78. The summed E-state index contributed by atoms with van der Waals surface area (Å²) in [4.78, 5) is 21.5. The van der Waals surface area contributed by atoms with E-state index in [2.05, 4.69) is 15.3 Å². The van der Waals surface area contributed by atoms with Gasteiger partial charge in [0.1, 0.15) is 11.6 Å². The second kappa shape index (κ2) is 6.34. The van der Waals surface area contributed by atoms with E-state index in [9.17, 15) is 9.18 Å². The highest BCUT2D eigenvalue weighted by Crippen LogP contribution is 2.30. The summed E-state index contributed by atoms with van der Waals surface area (Å²) in [5, 5.41) is 3.74. The molecule has 0 bridgehead atoms. The molecule has 7 heteroatoms. The molecule has 0 aliphatic carbocycles. The van der Waals surface area contributed by atoms with Gasteiger partial charge in [0.25, 0.3) is 5.91 Å². The van der Waals surface area contributed by atoms with Crippen molar-refractivity contribution in [1.82, 2.24) is 9.97 Å². The normalized spacial score (nSPS) is 11.0. The van der Waals surface area contributed by atoms with Gasteiger partial charge in [0.05, 0.1) is 28.4 Å². The SMILES string of the molecule is COc1ccc2nc(NC(=O)c3cc(C)nc4ccc(F)cc34)sc2c1. The Kier molecular flexibility index (Phi) is 4.00. The second-order valence-corrected chi connectivity index (χ2v) is 6.81. The topological polar surface area (TPSA) is 64.1 Å². The summed E-state index contributed by atoms with van der Waals surface area (Å²) < 4.78 is 19.7. The van der Waals surface area contributed by atoms with Crippen LogP contribution in [0.15, 0.2) is 42.5 Å². The average Bonchev–Trinajstić information content (AvgIpc) is 3.02. The maximum Gasteiger partial charge on any atom is 0.258 e. The molecule has 2 heterocycles. The molecule has 2 aromatic heterocycles. The van der Waals surface area contributed by atoms with Crippen LogP contribution in [0.25, 0.3) is 21.1 Å². The molecule has 4 rings (SSSR count). The lowest BCUT2D eigenvalue weighted by Gasteiger charge is -2.07. The third-order valence-electron chi connectivity index (χ3n) is 3.96. The number of methoxy groups -OCH3 is 1. The zero-order chi connectivity index (χ0) is 18.3. The van der Waals surface area contributed by atoms with Crippen molar-refractivity contribution in [1.29, 1.82) is 0 Å². The lowest BCUT2D eigenvalue weighted by Crippen LogP contribution is -2.13. The Morgan fingerprint density at radius 1 is 1.12 bits per heavy atom. The number of hydrogen-bond donors (Lipinski definition) is 1. The Labute approximate surface area is 152 Å². The first-order valence-corrected chi connectivity index (χ1v) is 8.68. The van der Waals surface area contributed by atoms with Crippen LogP contribution in [0.5, 0.6) is 5.75 Å². The molecule has 0 fully saturated rings. The van der Waals surface area contributed by atoms with Crippen molar-refractivity contribution in [3.05, 3.63) is 59.5 Å². The van der Waals surface area contributed by atoms with Gasteiger partial charge < -0.3 is 4.74 Å². The molecule has 0 aliphatic rings. The van der Waals surface area contributed by atoms with Gasteiger partial charge in [0, 0.05) is 11.1 Å². The van der Waals surface area contributed by atoms with E-state index in [4.69, 9.17) is 4.74 Å². The molecule has 4 aromatic rings. The number of carbonyl (C=O) groups is 1. The molecule has 0 aliphatic heterocycles. The summed E-state index contributed by atoms with van der Waals surface area (Å²) in [5.41, 5.74) is 2.39. The van der Waals surface area contributed by atoms with Gasteiger partial charge in [-0.3, -0.25) is 15.1 Å². The average molecular weight is 367 g/mol. The third kappa shape index (κ3) is 2.97. The summed E-state index contributed by atoms with van der Waals surface area (Å²) in [6.07, 6.45) is 0. The van der Waals surface area contributed by atoms with Crippen molar-refractivity contribution in [3.63, 3.8) is 0 Å². The van der Waals surface area contributed by atoms with E-state index >= 15 is 0 Å². The monoisotopic (exact) mass is 367 g/mol. The first-order valence-electron chi connectivity index (χ1n) is 7.86. The Bertz CT molecular complexity index is 1160. The number of thiazole rings is 1. The Balaban J connectivity index is 1.72. The predicted molar refractivity (Wildman–Crippen MR) is 101 cm³/mol. The van der Waals surface area contributed by atoms with Gasteiger partial charge in [-0.2, -0.15) is 0 Å². The minimum absolute atomic E-state index is 0.350. The number of pyridine rings is 1. The number of aryl methyl sites for hydroxylation is 1. The van der Waals surface area contributed by atoms with Gasteiger partial charge in [-0.1, -0.05) is 11.3 Å². The fourth-order valence-electron chi connectivity index (χ4n) is 2.77. The van der Waals surface area contributed by atoms with Crippen molar-refractivity contribution in [2.75, 3.05) is 12.4 Å². The van der Waals surface area contributed by atoms with Crippen LogP contribution >= 0.6 is 11.3 Å². The minimum Gasteiger partial charge on any atom is -0.497 e. The summed E-state index contributed by atoms with van der Waals surface area (Å²) in [6, 6.07) is 11.4. The molecule has 0 spiro atoms. The Hall–Kier alpha value is -3.06. The summed E-state index contributed by atoms with van der Waals surface area (Å²) in [5.74, 6) is -0.0355. The van der Waals surface area contributed by atoms with E-state index in [1.54, 1.807) is 26.2 Å². The van der Waals surface area contributed by atoms with Crippen molar-refractivity contribution >= 4 is 43.5 Å². The number of ether oxygens (including phenoxy) is 1. The maximum atomic E-state index is 13.6. The van der Waals surface area contributed by atoms with Crippen molar-refractivity contribution < 1.29 is 13.9 Å². The smallest absolute Gasteiger partial charge is 0.258 e. The standard InChI is InChI=1S/C19H14FN3O2S/c1-10-7-14(13-8-11(20)3-5-15(13)21-10)18(24)23-19-22-16-6-4-12(25-2)9-17(16)26-19/h3-9H,1-2H3,(H,22,23,24). The fourth-order valence-corrected chi connectivity index (χ4v) is 3.66. The van der Waals surface area contributed by atoms with E-state index < -0.39 is 5.82 Å². The number of fused-ring (bicyclic) bond motifs is 2. The number of nitrogens with one attached hydrogen (secondary N) is 1. The quantitative estimate of drug-likeness (QED) is 0.577. The minimum atomic E-state index is -0.413. The summed E-state index contributed by atoms with van der Waals surface area (Å²) in [6.45, 7) is 1.80. The molecule has 0 atom stereocenters. The molecule has 0 unspecified atom stereocenters. The summed E-state index contributed by atoms with van der Waals surface area (Å²) >= 11 is 1.35. The van der Waals surface area contributed by atoms with Crippen LogP contribution < -0.4 is 10.1 Å². The number of rotatable bonds is 3. The van der Waals surface area contributed by atoms with Crippen molar-refractivity contribution in [3.8, 4) is 5.75 Å². The number of halogens is 1. The Morgan fingerprint density at radius 2 is 1.92 bits per heavy atom. The van der Waals surface area contributed by atoms with Crippen LogP contribution in [0.3, 0.4) is 0 Å². The van der Waals surface area contributed by atoms with E-state index in [1.165, 1.54) is 23.5 Å². The van der Waals surface area contributed by atoms with Gasteiger partial charge in [-0.25, -0.2) is 9.37 Å². The van der Waals surface area contributed by atoms with Crippen LogP contribution in [0.2, 0.25) is 0 Å². The lowest BCUT2D eigenvalue weighted by molar-refractivity contribution is 0.102. The number of carbonyl (C=O) groups excluding carboxylic acids is 1. The lowest BCUT2D eigenvalue weighted by atomic mass is 10.1. The molecule has 0 saturated carbocycles. The number of aromatic nitrogens is 2. The fraction of sp³-hybridized carbons (Fsp3) is 0.105. The van der Waals surface area contributed by atoms with Crippen LogP contribution in [0, 0.1) is 12.7 Å². The predicted octanol–water partition coefficient (Wildman–Crippen LogP) is 4.55. The molecule has 0 radical (unpaired) electrons. The van der Waals surface area contributed by atoms with E-state index in [1.807, 2.05) is 18.2 Å². The maximum absolute atomic E-state index is 13.6. The molecule has 0 saturated heterocycles. The number of benzene rings is 2. The molecular weight excluding hydrogens is 353 g/mol. The molecule has 1 N–H and O–H groups in total. The van der Waals surface area contributed by atoms with E-state index in [0.717, 1.165) is 16.0 Å². The van der Waals surface area contributed by atoms with Gasteiger partial charge >= 0.3 is 0 Å². The zero-order valence-corrected chi connectivity index (χ0v) is 14.9. The molecule has 2 aromatic carbocycles. The number of hydrogen-bond acceptors (Lipinski definition) is 5. The van der Waals surface area contributed by atoms with E-state index in [-0.39, 0.29) is 5.91 Å². The highest BCUT2D eigenvalue weighted by Gasteiger charge is 2.15. The zero-order valence-electron chi connectivity index (χ0n) is 14.0. The Morgan fingerprint density at radius 3 is 2.73 bits per heavy atom. The highest BCUT2D eigenvalue weighted by atomic mass is 32.1. The third-order valence-corrected chi connectivity index (χ3v) is 4.89. The summed E-state index contributed by atoms with van der Waals surface area (Å²) in [7, 11) is 1.60. The van der Waals surface area contributed by atoms with Crippen LogP contribution in [0.1, 0.15) is 16.1 Å². The number of amides is 1. The largest absolute Gasteiger partial charge is 0.497 e. The molecule has 26 heavy (non-hydrogen) atoms. The number of anilines is 1. The molecular formula is C19H14FN3O2S. The van der Waals surface area contributed by atoms with Crippen LogP contribution in [0.4, 0.5) is 9.52 Å². The molecule has 5 nitrogen and oxygen atoms in total. The first kappa shape index (κ1) is 16.4. The van der Waals surface area contributed by atoms with Gasteiger partial charge in [-0.15, -0.1) is 0 Å². The first-order chi connectivity index (χ1) is 12.5. The van der Waals surface area contributed by atoms with Gasteiger partial charge in [-0.05, 0) is 49.4 Å². The highest BCUT2D eigenvalue weighted by molar-refractivity contribution is 7.22. The van der Waals surface area contributed by atoms with E-state index in [0.29, 0.717) is 27.3 Å². The van der Waals surface area contributed by atoms with Crippen molar-refractivity contribution in [2.24, 2.45) is 0 Å². The van der Waals surface area contributed by atoms with Crippen LogP contribution in [-0.2, 0) is 0 Å². The van der Waals surface area contributed by atoms with Crippen LogP contribution in [-0.4, -0.2) is 23.0 Å². The molecule has 1 amide bonds. The van der Waals surface area contributed by atoms with Crippen molar-refractivity contribution in [2.45, 2.75) is 6.92 Å². The van der Waals surface area contributed by atoms with Gasteiger partial charge in [0.2, 0.25) is 0 Å².